The van der Waals surface area contributed by atoms with E-state index in [1.165, 1.54) is 0 Å². The van der Waals surface area contributed by atoms with Crippen LogP contribution in [0.25, 0.3) is 0 Å². The molecule has 1 saturated heterocycles. The van der Waals surface area contributed by atoms with Crippen LogP contribution in [0.5, 0.6) is 0 Å². The fourth-order valence-corrected chi connectivity index (χ4v) is 6.08. The smallest absolute Gasteiger partial charge is 0.378 e. The molecule has 9 heteroatoms. The molecule has 1 aliphatic heterocycles. The van der Waals surface area contributed by atoms with Gasteiger partial charge in [-0.25, -0.2) is 13.1 Å². The Labute approximate surface area is 176 Å². The van der Waals surface area contributed by atoms with E-state index in [0.29, 0.717) is 37.6 Å². The molecule has 2 atom stereocenters. The largest absolute Gasteiger partial charge is 0.416 e. The Balaban J connectivity index is 1.56. The van der Waals surface area contributed by atoms with E-state index in [-0.39, 0.29) is 16.9 Å². The molecule has 2 fully saturated rings. The number of sulfonamides is 1. The molecule has 2 unspecified atom stereocenters. The molecular formula is C21H31F3N2O3S. The maximum atomic E-state index is 12.7. The van der Waals surface area contributed by atoms with Crippen LogP contribution in [-0.2, 0) is 16.2 Å². The first kappa shape index (κ1) is 23.5. The Hall–Kier alpha value is -1.16. The van der Waals surface area contributed by atoms with Crippen LogP contribution < -0.4 is 4.72 Å². The first-order chi connectivity index (χ1) is 14.0. The van der Waals surface area contributed by atoms with Gasteiger partial charge < -0.3 is 5.11 Å². The summed E-state index contributed by atoms with van der Waals surface area (Å²) in [6.07, 6.45) is -0.209. The minimum atomic E-state index is -4.50. The van der Waals surface area contributed by atoms with Gasteiger partial charge in [-0.3, -0.25) is 4.90 Å². The molecule has 1 heterocycles. The number of alkyl halides is 3. The molecule has 1 aromatic rings. The molecule has 2 N–H and O–H groups in total. The van der Waals surface area contributed by atoms with Crippen molar-refractivity contribution in [1.29, 1.82) is 0 Å². The zero-order chi connectivity index (χ0) is 22.1. The minimum absolute atomic E-state index is 0.108. The Bertz CT molecular complexity index is 804. The summed E-state index contributed by atoms with van der Waals surface area (Å²) in [7, 11) is -3.89. The van der Waals surface area contributed by atoms with E-state index in [1.807, 2.05) is 0 Å². The molecule has 30 heavy (non-hydrogen) atoms. The van der Waals surface area contributed by atoms with Crippen LogP contribution in [0.2, 0.25) is 0 Å². The summed E-state index contributed by atoms with van der Waals surface area (Å²) in [6.45, 7) is 5.23. The zero-order valence-corrected chi connectivity index (χ0v) is 18.2. The fourth-order valence-electron chi connectivity index (χ4n) is 4.78. The van der Waals surface area contributed by atoms with Gasteiger partial charge in [-0.05, 0) is 74.6 Å². The summed E-state index contributed by atoms with van der Waals surface area (Å²) in [5.74, 6) is 0.588. The molecule has 1 aliphatic carbocycles. The lowest BCUT2D eigenvalue weighted by molar-refractivity contribution is -0.137. The normalized spacial score (nSPS) is 27.5. The number of aliphatic hydroxyl groups excluding tert-OH is 1. The second-order valence-electron chi connectivity index (χ2n) is 8.86. The average Bonchev–Trinajstić information content (AvgIpc) is 3.17. The third-order valence-electron chi connectivity index (χ3n) is 6.46. The van der Waals surface area contributed by atoms with Crippen molar-refractivity contribution >= 4 is 10.0 Å². The predicted octanol–water partition coefficient (Wildman–Crippen LogP) is 3.98. The maximum Gasteiger partial charge on any atom is 0.416 e. The second kappa shape index (κ2) is 9.14. The fraction of sp³-hybridized carbons (Fsp3) is 0.714. The Morgan fingerprint density at radius 2 is 1.67 bits per heavy atom. The Kier molecular flexibility index (Phi) is 7.16. The summed E-state index contributed by atoms with van der Waals surface area (Å²) in [6, 6.07) is 3.64. The van der Waals surface area contributed by atoms with Gasteiger partial charge in [0, 0.05) is 18.6 Å². The van der Waals surface area contributed by atoms with Gasteiger partial charge in [-0.15, -0.1) is 0 Å². The highest BCUT2D eigenvalue weighted by molar-refractivity contribution is 7.89. The van der Waals surface area contributed by atoms with Crippen molar-refractivity contribution in [3.05, 3.63) is 29.8 Å². The third kappa shape index (κ3) is 5.36. The molecular weight excluding hydrogens is 417 g/mol. The topological polar surface area (TPSA) is 69.6 Å². The van der Waals surface area contributed by atoms with Crippen LogP contribution in [-0.4, -0.2) is 43.3 Å². The lowest BCUT2D eigenvalue weighted by atomic mass is 9.84. The highest BCUT2D eigenvalue weighted by atomic mass is 32.2. The van der Waals surface area contributed by atoms with Gasteiger partial charge >= 0.3 is 6.18 Å². The summed E-state index contributed by atoms with van der Waals surface area (Å²) in [5.41, 5.74) is -0.877. The van der Waals surface area contributed by atoms with Crippen LogP contribution in [0.15, 0.2) is 29.2 Å². The number of rotatable bonds is 6. The van der Waals surface area contributed by atoms with E-state index >= 15 is 0 Å². The summed E-state index contributed by atoms with van der Waals surface area (Å²) >= 11 is 0. The van der Waals surface area contributed by atoms with E-state index in [9.17, 15) is 26.7 Å². The van der Waals surface area contributed by atoms with Gasteiger partial charge in [-0.2, -0.15) is 13.2 Å². The maximum absolute atomic E-state index is 12.7. The van der Waals surface area contributed by atoms with Crippen molar-refractivity contribution in [2.45, 2.75) is 81.8 Å². The second-order valence-corrected chi connectivity index (χ2v) is 10.6. The van der Waals surface area contributed by atoms with Crippen molar-refractivity contribution < 1.29 is 26.7 Å². The molecule has 0 radical (unpaired) electrons. The van der Waals surface area contributed by atoms with E-state index in [4.69, 9.17) is 0 Å². The Morgan fingerprint density at radius 1 is 1.07 bits per heavy atom. The number of nitrogens with one attached hydrogen (secondary N) is 1. The van der Waals surface area contributed by atoms with Gasteiger partial charge in [0.2, 0.25) is 10.0 Å². The Morgan fingerprint density at radius 3 is 2.20 bits per heavy atom. The predicted molar refractivity (Wildman–Crippen MR) is 108 cm³/mol. The van der Waals surface area contributed by atoms with Crippen LogP contribution in [0, 0.1) is 11.8 Å². The molecule has 1 saturated carbocycles. The number of aliphatic hydroxyl groups is 1. The molecule has 0 amide bonds. The first-order valence-electron chi connectivity index (χ1n) is 10.6. The third-order valence-corrected chi connectivity index (χ3v) is 8.00. The SMILES string of the molecule is CC(C)C1CCCN1C(O)C1CCC(NS(=O)(=O)c2ccc(C(F)(F)F)cc2)CC1. The zero-order valence-electron chi connectivity index (χ0n) is 17.4. The number of nitrogens with zero attached hydrogens (tertiary/aromatic N) is 1. The highest BCUT2D eigenvalue weighted by Gasteiger charge is 2.37. The molecule has 0 bridgehead atoms. The van der Waals surface area contributed by atoms with Crippen LogP contribution in [0.1, 0.15) is 57.9 Å². The van der Waals surface area contributed by atoms with Crippen LogP contribution >= 0.6 is 0 Å². The van der Waals surface area contributed by atoms with Gasteiger partial charge in [0.1, 0.15) is 6.23 Å². The van der Waals surface area contributed by atoms with Gasteiger partial charge in [0.15, 0.2) is 0 Å². The van der Waals surface area contributed by atoms with Gasteiger partial charge in [0.05, 0.1) is 10.5 Å². The van der Waals surface area contributed by atoms with Crippen molar-refractivity contribution in [2.24, 2.45) is 11.8 Å². The quantitative estimate of drug-likeness (QED) is 0.691. The molecule has 0 aromatic heterocycles. The van der Waals surface area contributed by atoms with E-state index in [1.54, 1.807) is 0 Å². The van der Waals surface area contributed by atoms with Crippen molar-refractivity contribution in [3.8, 4) is 0 Å². The standard InChI is InChI=1S/C21H31F3N2O3S/c1-14(2)19-4-3-13-26(19)20(27)15-5-9-17(10-6-15)25-30(28,29)18-11-7-16(8-12-18)21(22,23)24/h7-8,11-12,14-15,17,19-20,25,27H,3-6,9-10,13H2,1-2H3. The van der Waals surface area contributed by atoms with Crippen molar-refractivity contribution in [1.82, 2.24) is 9.62 Å². The number of likely N-dealkylation sites (tertiary alicyclic amines) is 1. The van der Waals surface area contributed by atoms with Gasteiger partial charge in [0.25, 0.3) is 0 Å². The average molecular weight is 449 g/mol. The summed E-state index contributed by atoms with van der Waals surface area (Å²) < 4.78 is 65.8. The number of halogens is 3. The number of benzene rings is 1. The summed E-state index contributed by atoms with van der Waals surface area (Å²) in [5, 5.41) is 10.9. The molecule has 1 aromatic carbocycles. The molecule has 5 nitrogen and oxygen atoms in total. The van der Waals surface area contributed by atoms with Crippen LogP contribution in [0.4, 0.5) is 13.2 Å². The summed E-state index contributed by atoms with van der Waals surface area (Å²) in [4.78, 5) is 2.02. The van der Waals surface area contributed by atoms with Crippen LogP contribution in [0.3, 0.4) is 0 Å². The lowest BCUT2D eigenvalue weighted by Crippen LogP contribution is -2.47. The minimum Gasteiger partial charge on any atom is -0.378 e. The number of hydrogen-bond donors (Lipinski definition) is 2. The molecule has 0 spiro atoms. The highest BCUT2D eigenvalue weighted by Crippen LogP contribution is 2.34. The van der Waals surface area contributed by atoms with E-state index in [0.717, 1.165) is 43.7 Å². The molecule has 170 valence electrons. The van der Waals surface area contributed by atoms with Crippen molar-refractivity contribution in [2.75, 3.05) is 6.54 Å². The van der Waals surface area contributed by atoms with E-state index < -0.39 is 28.0 Å². The lowest BCUT2D eigenvalue weighted by Gasteiger charge is -2.39. The molecule has 2 aliphatic rings. The monoisotopic (exact) mass is 448 g/mol. The van der Waals surface area contributed by atoms with Gasteiger partial charge in [-0.1, -0.05) is 13.8 Å². The first-order valence-corrected chi connectivity index (χ1v) is 12.1. The number of hydrogen-bond acceptors (Lipinski definition) is 4. The van der Waals surface area contributed by atoms with E-state index in [2.05, 4.69) is 23.5 Å². The van der Waals surface area contributed by atoms with Crippen molar-refractivity contribution in [3.63, 3.8) is 0 Å². The molecule has 3 rings (SSSR count).